The second kappa shape index (κ2) is 6.04. The van der Waals surface area contributed by atoms with E-state index in [2.05, 4.69) is 10.6 Å². The Morgan fingerprint density at radius 3 is 2.30 bits per heavy atom. The van der Waals surface area contributed by atoms with Gasteiger partial charge in [-0.25, -0.2) is 9.69 Å². The molecule has 0 saturated carbocycles. The highest BCUT2D eigenvalue weighted by Crippen LogP contribution is 2.37. The molecule has 0 spiro atoms. The van der Waals surface area contributed by atoms with Gasteiger partial charge in [0.15, 0.2) is 0 Å². The number of nitrogens with one attached hydrogen (secondary N) is 2. The zero-order valence-corrected chi connectivity index (χ0v) is 13.4. The van der Waals surface area contributed by atoms with Crippen molar-refractivity contribution in [3.8, 4) is 0 Å². The average molecular weight is 334 g/mol. The molecular weight excluding hydrogens is 318 g/mol. The van der Waals surface area contributed by atoms with E-state index in [-0.39, 0.29) is 11.8 Å². The summed E-state index contributed by atoms with van der Waals surface area (Å²) in [6.07, 6.45) is 3.15. The molecule has 6 nitrogen and oxygen atoms in total. The van der Waals surface area contributed by atoms with Gasteiger partial charge >= 0.3 is 6.03 Å². The molecule has 1 aromatic rings. The van der Waals surface area contributed by atoms with E-state index in [1.54, 1.807) is 12.1 Å². The normalized spacial score (nSPS) is 17.4. The summed E-state index contributed by atoms with van der Waals surface area (Å²) in [5.41, 5.74) is 1.99. The van der Waals surface area contributed by atoms with Crippen molar-refractivity contribution >= 4 is 40.8 Å². The molecule has 0 radical (unpaired) electrons. The van der Waals surface area contributed by atoms with Crippen LogP contribution in [0.5, 0.6) is 0 Å². The van der Waals surface area contributed by atoms with Crippen LogP contribution in [0.15, 0.2) is 29.3 Å². The third-order valence-electron chi connectivity index (χ3n) is 4.07. The molecule has 120 valence electrons. The number of anilines is 2. The molecule has 1 aromatic carbocycles. The van der Waals surface area contributed by atoms with Gasteiger partial charge in [0.2, 0.25) is 0 Å². The maximum absolute atomic E-state index is 12.5. The molecule has 0 fully saturated rings. The fraction of sp³-hybridized carbons (Fsp3) is 0.312. The van der Waals surface area contributed by atoms with E-state index in [0.29, 0.717) is 40.4 Å². The van der Waals surface area contributed by atoms with Crippen molar-refractivity contribution in [1.29, 1.82) is 0 Å². The van der Waals surface area contributed by atoms with Crippen LogP contribution in [0.4, 0.5) is 16.2 Å². The second-order valence-electron chi connectivity index (χ2n) is 5.48. The van der Waals surface area contributed by atoms with Crippen molar-refractivity contribution < 1.29 is 14.4 Å². The quantitative estimate of drug-likeness (QED) is 0.817. The smallest absolute Gasteiger partial charge is 0.319 e. The highest BCUT2D eigenvalue weighted by atomic mass is 35.5. The van der Waals surface area contributed by atoms with Gasteiger partial charge in [-0.2, -0.15) is 0 Å². The number of halogens is 1. The molecule has 7 heteroatoms. The predicted molar refractivity (Wildman–Crippen MR) is 87.5 cm³/mol. The first-order valence-electron chi connectivity index (χ1n) is 7.42. The molecule has 0 atom stereocenters. The van der Waals surface area contributed by atoms with Gasteiger partial charge in [-0.05, 0) is 43.9 Å². The van der Waals surface area contributed by atoms with Gasteiger partial charge in [0.1, 0.15) is 0 Å². The number of hydrogen-bond acceptors (Lipinski definition) is 3. The molecular formula is C16H16ClN3O3. The van der Waals surface area contributed by atoms with Gasteiger partial charge in [0.05, 0.1) is 16.4 Å². The summed E-state index contributed by atoms with van der Waals surface area (Å²) < 4.78 is 0. The Balaban J connectivity index is 1.94. The Bertz CT molecular complexity index is 714. The highest BCUT2D eigenvalue weighted by molar-refractivity contribution is 6.35. The van der Waals surface area contributed by atoms with Crippen LogP contribution in [0.1, 0.15) is 25.7 Å². The van der Waals surface area contributed by atoms with Crippen LogP contribution < -0.4 is 15.5 Å². The topological polar surface area (TPSA) is 78.5 Å². The number of benzene rings is 1. The number of urea groups is 1. The monoisotopic (exact) mass is 333 g/mol. The van der Waals surface area contributed by atoms with Crippen LogP contribution in [-0.2, 0) is 9.59 Å². The number of amides is 4. The molecule has 1 aliphatic heterocycles. The number of carbonyl (C=O) groups is 3. The van der Waals surface area contributed by atoms with Crippen molar-refractivity contribution in [2.45, 2.75) is 25.7 Å². The zero-order valence-electron chi connectivity index (χ0n) is 12.6. The van der Waals surface area contributed by atoms with Gasteiger partial charge in [-0.3, -0.25) is 9.59 Å². The molecule has 0 aromatic heterocycles. The van der Waals surface area contributed by atoms with Gasteiger partial charge in [-0.15, -0.1) is 0 Å². The molecule has 0 unspecified atom stereocenters. The zero-order chi connectivity index (χ0) is 16.6. The summed E-state index contributed by atoms with van der Waals surface area (Å²) >= 11 is 6.06. The van der Waals surface area contributed by atoms with Gasteiger partial charge in [0, 0.05) is 18.2 Å². The molecule has 0 bridgehead atoms. The lowest BCUT2D eigenvalue weighted by Gasteiger charge is -2.17. The third kappa shape index (κ3) is 2.70. The molecule has 0 saturated heterocycles. The molecule has 2 N–H and O–H groups in total. The summed E-state index contributed by atoms with van der Waals surface area (Å²) in [5, 5.41) is 5.32. The number of imide groups is 1. The van der Waals surface area contributed by atoms with Gasteiger partial charge < -0.3 is 10.6 Å². The van der Waals surface area contributed by atoms with Gasteiger partial charge in [0.25, 0.3) is 11.8 Å². The largest absolute Gasteiger partial charge is 0.341 e. The Labute approximate surface area is 138 Å². The van der Waals surface area contributed by atoms with Crippen LogP contribution in [0.25, 0.3) is 0 Å². The summed E-state index contributed by atoms with van der Waals surface area (Å²) in [7, 11) is 1.48. The number of nitrogens with zero attached hydrogens (tertiary/aromatic N) is 1. The molecule has 1 heterocycles. The van der Waals surface area contributed by atoms with E-state index in [1.807, 2.05) is 0 Å². The summed E-state index contributed by atoms with van der Waals surface area (Å²) in [4.78, 5) is 37.7. The van der Waals surface area contributed by atoms with E-state index in [1.165, 1.54) is 18.0 Å². The minimum atomic E-state index is -0.430. The fourth-order valence-electron chi connectivity index (χ4n) is 2.91. The van der Waals surface area contributed by atoms with E-state index in [9.17, 15) is 14.4 Å². The third-order valence-corrected chi connectivity index (χ3v) is 4.40. The first-order valence-corrected chi connectivity index (χ1v) is 7.80. The Hall–Kier alpha value is -2.34. The SMILES string of the molecule is CNC(=O)Nc1cc(N2C(=O)C3=C(CCCC3)C2=O)ccc1Cl. The van der Waals surface area contributed by atoms with E-state index >= 15 is 0 Å². The van der Waals surface area contributed by atoms with Crippen LogP contribution in [0.3, 0.4) is 0 Å². The Morgan fingerprint density at radius 2 is 1.74 bits per heavy atom. The maximum atomic E-state index is 12.5. The van der Waals surface area contributed by atoms with Crippen LogP contribution >= 0.6 is 11.6 Å². The van der Waals surface area contributed by atoms with Crippen molar-refractivity contribution in [1.82, 2.24) is 5.32 Å². The number of rotatable bonds is 2. The maximum Gasteiger partial charge on any atom is 0.319 e. The lowest BCUT2D eigenvalue weighted by atomic mass is 9.93. The summed E-state index contributed by atoms with van der Waals surface area (Å²) in [5.74, 6) is -0.532. The molecule has 4 amide bonds. The standard InChI is InChI=1S/C16H16ClN3O3/c1-18-16(23)19-13-8-9(6-7-12(13)17)20-14(21)10-4-2-3-5-11(10)15(20)22/h6-8H,2-5H2,1H3,(H2,18,19,23). The molecule has 1 aliphatic carbocycles. The minimum absolute atomic E-state index is 0.266. The minimum Gasteiger partial charge on any atom is -0.341 e. The Morgan fingerprint density at radius 1 is 1.13 bits per heavy atom. The second-order valence-corrected chi connectivity index (χ2v) is 5.89. The van der Waals surface area contributed by atoms with Crippen LogP contribution in [0.2, 0.25) is 5.02 Å². The van der Waals surface area contributed by atoms with Crippen molar-refractivity contribution in [2.75, 3.05) is 17.3 Å². The summed E-state index contributed by atoms with van der Waals surface area (Å²) in [6, 6.07) is 4.26. The van der Waals surface area contributed by atoms with Crippen molar-refractivity contribution in [3.05, 3.63) is 34.4 Å². The van der Waals surface area contributed by atoms with Crippen molar-refractivity contribution in [3.63, 3.8) is 0 Å². The first-order chi connectivity index (χ1) is 11.0. The molecule has 23 heavy (non-hydrogen) atoms. The molecule has 3 rings (SSSR count). The lowest BCUT2D eigenvalue weighted by Crippen LogP contribution is -2.31. The van der Waals surface area contributed by atoms with Crippen molar-refractivity contribution in [2.24, 2.45) is 0 Å². The van der Waals surface area contributed by atoms with Crippen LogP contribution in [-0.4, -0.2) is 24.9 Å². The lowest BCUT2D eigenvalue weighted by molar-refractivity contribution is -0.120. The average Bonchev–Trinajstić information content (AvgIpc) is 2.81. The number of hydrogen-bond donors (Lipinski definition) is 2. The Kier molecular flexibility index (Phi) is 4.09. The van der Waals surface area contributed by atoms with E-state index in [4.69, 9.17) is 11.6 Å². The predicted octanol–water partition coefficient (Wildman–Crippen LogP) is 2.84. The van der Waals surface area contributed by atoms with Crippen LogP contribution in [0, 0.1) is 0 Å². The van der Waals surface area contributed by atoms with E-state index in [0.717, 1.165) is 12.8 Å². The fourth-order valence-corrected chi connectivity index (χ4v) is 3.07. The molecule has 2 aliphatic rings. The summed E-state index contributed by atoms with van der Waals surface area (Å²) in [6.45, 7) is 0. The number of carbonyl (C=O) groups excluding carboxylic acids is 3. The van der Waals surface area contributed by atoms with E-state index < -0.39 is 6.03 Å². The van der Waals surface area contributed by atoms with Gasteiger partial charge in [-0.1, -0.05) is 11.6 Å². The first kappa shape index (κ1) is 15.6. The highest BCUT2D eigenvalue weighted by Gasteiger charge is 2.39.